The van der Waals surface area contributed by atoms with Gasteiger partial charge in [-0.25, -0.2) is 4.99 Å². The standard InChI is InChI=1S/C21H26N6O2/c1-13(28)25-16-7-6-14-8-9-27(11-15(14)10-16)12-19(22)26-21(24)17-4-3-5-18(29-2)20(17)23/h3-7,10H,8-9,11-12,23H2,1-2H3,(H,25,28)(H3,22,24,26). The lowest BCUT2D eigenvalue weighted by Gasteiger charge is -2.28. The molecular formula is C21H26N6O2. The van der Waals surface area contributed by atoms with Crippen molar-refractivity contribution in [3.63, 3.8) is 0 Å². The first-order valence-corrected chi connectivity index (χ1v) is 9.33. The van der Waals surface area contributed by atoms with Crippen molar-refractivity contribution in [3.8, 4) is 5.75 Å². The number of anilines is 2. The highest BCUT2D eigenvalue weighted by Crippen LogP contribution is 2.25. The average Bonchev–Trinajstić information content (AvgIpc) is 2.67. The third-order valence-electron chi connectivity index (χ3n) is 4.80. The lowest BCUT2D eigenvalue weighted by atomic mass is 9.99. The molecule has 0 saturated carbocycles. The molecular weight excluding hydrogens is 368 g/mol. The molecule has 1 aliphatic rings. The van der Waals surface area contributed by atoms with E-state index in [4.69, 9.17) is 21.6 Å². The molecule has 0 aliphatic carbocycles. The second-order valence-electron chi connectivity index (χ2n) is 7.00. The van der Waals surface area contributed by atoms with Crippen molar-refractivity contribution in [1.29, 1.82) is 5.41 Å². The van der Waals surface area contributed by atoms with E-state index in [1.807, 2.05) is 12.1 Å². The van der Waals surface area contributed by atoms with Crippen molar-refractivity contribution in [2.75, 3.05) is 31.2 Å². The van der Waals surface area contributed by atoms with Gasteiger partial charge in [-0.15, -0.1) is 0 Å². The van der Waals surface area contributed by atoms with Crippen LogP contribution in [0.4, 0.5) is 11.4 Å². The normalized spacial score (nSPS) is 14.2. The molecule has 0 unspecified atom stereocenters. The number of nitrogens with zero attached hydrogens (tertiary/aromatic N) is 2. The van der Waals surface area contributed by atoms with Gasteiger partial charge >= 0.3 is 0 Å². The molecule has 0 spiro atoms. The molecule has 0 fully saturated rings. The molecule has 6 N–H and O–H groups in total. The zero-order valence-electron chi connectivity index (χ0n) is 16.7. The second kappa shape index (κ2) is 8.74. The van der Waals surface area contributed by atoms with Gasteiger partial charge in [-0.2, -0.15) is 0 Å². The number of hydrogen-bond acceptors (Lipinski definition) is 5. The summed E-state index contributed by atoms with van der Waals surface area (Å²) in [6.45, 7) is 3.48. The number of nitrogen functional groups attached to an aromatic ring is 1. The van der Waals surface area contributed by atoms with Crippen LogP contribution in [0.2, 0.25) is 0 Å². The highest BCUT2D eigenvalue weighted by atomic mass is 16.5. The van der Waals surface area contributed by atoms with E-state index in [2.05, 4.69) is 21.3 Å². The molecule has 0 aromatic heterocycles. The van der Waals surface area contributed by atoms with Crippen LogP contribution in [0.15, 0.2) is 41.4 Å². The molecule has 2 aromatic rings. The highest BCUT2D eigenvalue weighted by molar-refractivity contribution is 6.08. The van der Waals surface area contributed by atoms with E-state index in [1.54, 1.807) is 18.2 Å². The lowest BCUT2D eigenvalue weighted by molar-refractivity contribution is -0.114. The maximum atomic E-state index is 11.3. The third-order valence-corrected chi connectivity index (χ3v) is 4.80. The number of methoxy groups -OCH3 is 1. The van der Waals surface area contributed by atoms with Crippen LogP contribution in [0.25, 0.3) is 0 Å². The molecule has 8 heteroatoms. The molecule has 0 bridgehead atoms. The Bertz CT molecular complexity index is 970. The number of carbonyl (C=O) groups excluding carboxylic acids is 1. The molecule has 3 rings (SSSR count). The Kier molecular flexibility index (Phi) is 6.13. The monoisotopic (exact) mass is 394 g/mol. The number of benzene rings is 2. The number of nitrogens with one attached hydrogen (secondary N) is 2. The van der Waals surface area contributed by atoms with Crippen molar-refractivity contribution < 1.29 is 9.53 Å². The number of rotatable bonds is 5. The van der Waals surface area contributed by atoms with Crippen molar-refractivity contribution in [2.45, 2.75) is 19.9 Å². The predicted molar refractivity (Wildman–Crippen MR) is 116 cm³/mol. The summed E-state index contributed by atoms with van der Waals surface area (Å²) >= 11 is 0. The van der Waals surface area contributed by atoms with Gasteiger partial charge in [0.1, 0.15) is 11.6 Å². The number of carbonyl (C=O) groups is 1. The molecule has 1 amide bonds. The maximum absolute atomic E-state index is 11.3. The molecule has 0 saturated heterocycles. The summed E-state index contributed by atoms with van der Waals surface area (Å²) in [5.41, 5.74) is 16.2. The van der Waals surface area contributed by atoms with Gasteiger partial charge in [0, 0.05) is 31.3 Å². The molecule has 0 radical (unpaired) electrons. The molecule has 152 valence electrons. The first-order chi connectivity index (χ1) is 13.9. The highest BCUT2D eigenvalue weighted by Gasteiger charge is 2.18. The summed E-state index contributed by atoms with van der Waals surface area (Å²) in [6, 6.07) is 11.2. The fourth-order valence-corrected chi connectivity index (χ4v) is 3.43. The number of hydrogen-bond donors (Lipinski definition) is 4. The van der Waals surface area contributed by atoms with Gasteiger partial charge in [0.05, 0.1) is 19.3 Å². The molecule has 1 aliphatic heterocycles. The van der Waals surface area contributed by atoms with Gasteiger partial charge in [0.25, 0.3) is 0 Å². The van der Waals surface area contributed by atoms with E-state index in [0.717, 1.165) is 24.2 Å². The minimum absolute atomic E-state index is 0.00394. The Balaban J connectivity index is 1.69. The molecule has 1 heterocycles. The van der Waals surface area contributed by atoms with E-state index < -0.39 is 0 Å². The Morgan fingerprint density at radius 3 is 2.83 bits per heavy atom. The Labute approximate surface area is 170 Å². The minimum Gasteiger partial charge on any atom is -0.495 e. The summed E-state index contributed by atoms with van der Waals surface area (Å²) in [4.78, 5) is 17.7. The SMILES string of the molecule is COc1cccc(C(=N)N=C(N)CN2CCc3ccc(NC(C)=O)cc3C2)c1N. The van der Waals surface area contributed by atoms with Crippen molar-refractivity contribution in [1.82, 2.24) is 4.90 Å². The third kappa shape index (κ3) is 4.91. The van der Waals surface area contributed by atoms with E-state index in [1.165, 1.54) is 19.6 Å². The quantitative estimate of drug-likeness (QED) is 0.350. The fourth-order valence-electron chi connectivity index (χ4n) is 3.43. The summed E-state index contributed by atoms with van der Waals surface area (Å²) in [7, 11) is 1.53. The summed E-state index contributed by atoms with van der Waals surface area (Å²) in [6.07, 6.45) is 0.892. The van der Waals surface area contributed by atoms with E-state index in [0.29, 0.717) is 35.9 Å². The van der Waals surface area contributed by atoms with Gasteiger partial charge in [0.15, 0.2) is 5.84 Å². The number of nitrogens with two attached hydrogens (primary N) is 2. The van der Waals surface area contributed by atoms with Crippen LogP contribution >= 0.6 is 0 Å². The Morgan fingerprint density at radius 2 is 2.10 bits per heavy atom. The van der Waals surface area contributed by atoms with Gasteiger partial charge in [-0.3, -0.25) is 15.1 Å². The first-order valence-electron chi connectivity index (χ1n) is 9.33. The van der Waals surface area contributed by atoms with Crippen LogP contribution in [0.1, 0.15) is 23.6 Å². The molecule has 0 atom stereocenters. The number of amidine groups is 2. The van der Waals surface area contributed by atoms with Crippen molar-refractivity contribution in [2.24, 2.45) is 10.7 Å². The summed E-state index contributed by atoms with van der Waals surface area (Å²) in [5.74, 6) is 0.760. The van der Waals surface area contributed by atoms with E-state index >= 15 is 0 Å². The zero-order valence-corrected chi connectivity index (χ0v) is 16.7. The number of para-hydroxylation sites is 1. The van der Waals surface area contributed by atoms with Gasteiger partial charge in [-0.05, 0) is 41.8 Å². The van der Waals surface area contributed by atoms with Crippen LogP contribution in [0.5, 0.6) is 5.75 Å². The van der Waals surface area contributed by atoms with Crippen LogP contribution in [-0.2, 0) is 17.8 Å². The lowest BCUT2D eigenvalue weighted by Crippen LogP contribution is -2.38. The fraction of sp³-hybridized carbons (Fsp3) is 0.286. The number of aliphatic imine (C=N–C) groups is 1. The second-order valence-corrected chi connectivity index (χ2v) is 7.00. The number of fused-ring (bicyclic) bond motifs is 1. The van der Waals surface area contributed by atoms with Crippen molar-refractivity contribution >= 4 is 29.0 Å². The Hall–Kier alpha value is -3.39. The van der Waals surface area contributed by atoms with Crippen LogP contribution in [-0.4, -0.2) is 42.7 Å². The van der Waals surface area contributed by atoms with Crippen LogP contribution in [0, 0.1) is 5.41 Å². The first kappa shape index (κ1) is 20.3. The van der Waals surface area contributed by atoms with Gasteiger partial charge in [0.2, 0.25) is 5.91 Å². The number of amides is 1. The van der Waals surface area contributed by atoms with E-state index in [9.17, 15) is 4.79 Å². The number of ether oxygens (including phenoxy) is 1. The summed E-state index contributed by atoms with van der Waals surface area (Å²) < 4.78 is 5.19. The van der Waals surface area contributed by atoms with Crippen molar-refractivity contribution in [3.05, 3.63) is 53.1 Å². The van der Waals surface area contributed by atoms with Crippen LogP contribution in [0.3, 0.4) is 0 Å². The maximum Gasteiger partial charge on any atom is 0.221 e. The summed E-state index contributed by atoms with van der Waals surface area (Å²) in [5, 5.41) is 11.1. The largest absolute Gasteiger partial charge is 0.495 e. The average molecular weight is 394 g/mol. The van der Waals surface area contributed by atoms with Gasteiger partial charge in [-0.1, -0.05) is 12.1 Å². The molecule has 29 heavy (non-hydrogen) atoms. The smallest absolute Gasteiger partial charge is 0.221 e. The Morgan fingerprint density at radius 1 is 1.31 bits per heavy atom. The minimum atomic E-state index is -0.0932. The zero-order chi connectivity index (χ0) is 21.0. The van der Waals surface area contributed by atoms with E-state index in [-0.39, 0.29) is 11.7 Å². The van der Waals surface area contributed by atoms with Crippen LogP contribution < -0.4 is 21.5 Å². The predicted octanol–water partition coefficient (Wildman–Crippen LogP) is 1.98. The molecule has 8 nitrogen and oxygen atoms in total. The topological polar surface area (TPSA) is 130 Å². The molecule has 2 aromatic carbocycles. The van der Waals surface area contributed by atoms with Gasteiger partial charge < -0.3 is 21.5 Å².